The van der Waals surface area contributed by atoms with Crippen molar-refractivity contribution in [2.75, 3.05) is 0 Å². The summed E-state index contributed by atoms with van der Waals surface area (Å²) >= 11 is 3.37. The molecule has 0 bridgehead atoms. The number of hydrogen-bond donors (Lipinski definition) is 2. The molecule has 0 spiro atoms. The van der Waals surface area contributed by atoms with Crippen LogP contribution in [-0.4, -0.2) is 6.04 Å². The maximum absolute atomic E-state index is 13.7. The van der Waals surface area contributed by atoms with E-state index in [-0.39, 0.29) is 17.3 Å². The van der Waals surface area contributed by atoms with Crippen LogP contribution < -0.4 is 11.3 Å². The van der Waals surface area contributed by atoms with Crippen LogP contribution in [0.3, 0.4) is 0 Å². The highest BCUT2D eigenvalue weighted by Crippen LogP contribution is 2.46. The van der Waals surface area contributed by atoms with Crippen LogP contribution in [0.15, 0.2) is 22.7 Å². The maximum Gasteiger partial charge on any atom is 0.137 e. The Morgan fingerprint density at radius 2 is 2.00 bits per heavy atom. The summed E-state index contributed by atoms with van der Waals surface area (Å²) in [6, 6.07) is 5.43. The Hall–Kier alpha value is -0.450. The summed E-state index contributed by atoms with van der Waals surface area (Å²) in [5, 5.41) is 0. The van der Waals surface area contributed by atoms with Gasteiger partial charge in [-0.05, 0) is 64.6 Å². The Balaban J connectivity index is 2.23. The lowest BCUT2D eigenvalue weighted by atomic mass is 9.71. The molecule has 0 amide bonds. The molecule has 1 unspecified atom stereocenters. The first-order valence-electron chi connectivity index (χ1n) is 7.87. The molecule has 118 valence electrons. The molecule has 3 N–H and O–H groups in total. The van der Waals surface area contributed by atoms with Crippen molar-refractivity contribution in [2.45, 2.75) is 58.4 Å². The summed E-state index contributed by atoms with van der Waals surface area (Å²) in [7, 11) is 0. The Morgan fingerprint density at radius 1 is 1.33 bits per heavy atom. The number of benzene rings is 1. The van der Waals surface area contributed by atoms with Crippen molar-refractivity contribution in [3.05, 3.63) is 34.1 Å². The SMILES string of the molecule is CC(C)CC1(C(Cc2cccc(F)c2Br)NN)CCCC1. The van der Waals surface area contributed by atoms with Crippen LogP contribution in [-0.2, 0) is 6.42 Å². The zero-order chi connectivity index (χ0) is 15.5. The van der Waals surface area contributed by atoms with E-state index in [1.807, 2.05) is 6.07 Å². The lowest BCUT2D eigenvalue weighted by Gasteiger charge is -2.39. The number of nitrogens with two attached hydrogens (primary N) is 1. The monoisotopic (exact) mass is 356 g/mol. The summed E-state index contributed by atoms with van der Waals surface area (Å²) in [5.74, 6) is 6.34. The van der Waals surface area contributed by atoms with Gasteiger partial charge >= 0.3 is 0 Å². The predicted octanol–water partition coefficient (Wildman–Crippen LogP) is 4.57. The molecule has 0 radical (unpaired) electrons. The van der Waals surface area contributed by atoms with Crippen molar-refractivity contribution in [3.8, 4) is 0 Å². The van der Waals surface area contributed by atoms with Crippen molar-refractivity contribution in [1.29, 1.82) is 0 Å². The van der Waals surface area contributed by atoms with Gasteiger partial charge in [-0.25, -0.2) is 4.39 Å². The van der Waals surface area contributed by atoms with Crippen LogP contribution in [0.25, 0.3) is 0 Å². The Bertz CT molecular complexity index is 470. The summed E-state index contributed by atoms with van der Waals surface area (Å²) < 4.78 is 14.3. The van der Waals surface area contributed by atoms with Gasteiger partial charge in [0.15, 0.2) is 0 Å². The molecule has 1 atom stereocenters. The molecule has 1 aromatic rings. The van der Waals surface area contributed by atoms with Crippen LogP contribution in [0.2, 0.25) is 0 Å². The molecule has 4 heteroatoms. The standard InChI is InChI=1S/C17H26BrFN2/c1-12(2)11-17(8-3-4-9-17)15(21-20)10-13-6-5-7-14(19)16(13)18/h5-7,12,15,21H,3-4,8-11,20H2,1-2H3. The van der Waals surface area contributed by atoms with E-state index in [0.29, 0.717) is 10.4 Å². The summed E-state index contributed by atoms with van der Waals surface area (Å²) in [4.78, 5) is 0. The van der Waals surface area contributed by atoms with Gasteiger partial charge in [0.2, 0.25) is 0 Å². The van der Waals surface area contributed by atoms with Crippen LogP contribution in [0, 0.1) is 17.2 Å². The Morgan fingerprint density at radius 3 is 2.57 bits per heavy atom. The molecule has 2 rings (SSSR count). The summed E-state index contributed by atoms with van der Waals surface area (Å²) in [6.45, 7) is 4.54. The first-order valence-corrected chi connectivity index (χ1v) is 8.67. The highest BCUT2D eigenvalue weighted by atomic mass is 79.9. The van der Waals surface area contributed by atoms with Crippen molar-refractivity contribution >= 4 is 15.9 Å². The molecule has 2 nitrogen and oxygen atoms in total. The largest absolute Gasteiger partial charge is 0.271 e. The summed E-state index contributed by atoms with van der Waals surface area (Å²) in [6.07, 6.45) is 6.92. The van der Waals surface area contributed by atoms with Crippen LogP contribution >= 0.6 is 15.9 Å². The predicted molar refractivity (Wildman–Crippen MR) is 89.3 cm³/mol. The minimum Gasteiger partial charge on any atom is -0.271 e. The van der Waals surface area contributed by atoms with Gasteiger partial charge in [0, 0.05) is 6.04 Å². The van der Waals surface area contributed by atoms with Gasteiger partial charge in [0.25, 0.3) is 0 Å². The van der Waals surface area contributed by atoms with Gasteiger partial charge in [0.05, 0.1) is 4.47 Å². The van der Waals surface area contributed by atoms with E-state index < -0.39 is 0 Å². The van der Waals surface area contributed by atoms with Crippen molar-refractivity contribution < 1.29 is 4.39 Å². The molecule has 0 heterocycles. The molecular weight excluding hydrogens is 331 g/mol. The lowest BCUT2D eigenvalue weighted by molar-refractivity contribution is 0.154. The average molecular weight is 357 g/mol. The molecule has 0 saturated heterocycles. The second-order valence-electron chi connectivity index (χ2n) is 6.80. The van der Waals surface area contributed by atoms with E-state index in [1.54, 1.807) is 6.07 Å². The fourth-order valence-electron chi connectivity index (χ4n) is 3.97. The average Bonchev–Trinajstić information content (AvgIpc) is 2.89. The quantitative estimate of drug-likeness (QED) is 0.578. The van der Waals surface area contributed by atoms with Crippen LogP contribution in [0.5, 0.6) is 0 Å². The molecule has 1 aromatic carbocycles. The number of hydrogen-bond acceptors (Lipinski definition) is 2. The lowest BCUT2D eigenvalue weighted by Crippen LogP contribution is -2.49. The molecule has 1 saturated carbocycles. The minimum absolute atomic E-state index is 0.195. The Labute approximate surface area is 135 Å². The van der Waals surface area contributed by atoms with Gasteiger partial charge < -0.3 is 0 Å². The second-order valence-corrected chi connectivity index (χ2v) is 7.60. The van der Waals surface area contributed by atoms with Gasteiger partial charge in [-0.1, -0.05) is 38.8 Å². The smallest absolute Gasteiger partial charge is 0.137 e. The third-order valence-electron chi connectivity index (χ3n) is 4.81. The van der Waals surface area contributed by atoms with E-state index in [0.717, 1.165) is 12.0 Å². The Kier molecular flexibility index (Phi) is 5.81. The maximum atomic E-state index is 13.7. The van der Waals surface area contributed by atoms with Gasteiger partial charge in [-0.3, -0.25) is 11.3 Å². The van der Waals surface area contributed by atoms with Crippen molar-refractivity contribution in [1.82, 2.24) is 5.43 Å². The zero-order valence-electron chi connectivity index (χ0n) is 13.0. The fraction of sp³-hybridized carbons (Fsp3) is 0.647. The van der Waals surface area contributed by atoms with E-state index in [4.69, 9.17) is 5.84 Å². The normalized spacial score (nSPS) is 19.1. The number of rotatable bonds is 6. The molecule has 1 aliphatic carbocycles. The molecule has 1 aliphatic rings. The third-order valence-corrected chi connectivity index (χ3v) is 5.70. The molecular formula is C17H26BrFN2. The van der Waals surface area contributed by atoms with Gasteiger partial charge in [-0.2, -0.15) is 0 Å². The van der Waals surface area contributed by atoms with E-state index >= 15 is 0 Å². The van der Waals surface area contributed by atoms with Crippen LogP contribution in [0.4, 0.5) is 4.39 Å². The molecule has 21 heavy (non-hydrogen) atoms. The molecule has 0 aliphatic heterocycles. The first kappa shape index (κ1) is 16.9. The van der Waals surface area contributed by atoms with E-state index in [2.05, 4.69) is 35.2 Å². The highest BCUT2D eigenvalue weighted by Gasteiger charge is 2.41. The van der Waals surface area contributed by atoms with Crippen molar-refractivity contribution in [2.24, 2.45) is 17.2 Å². The van der Waals surface area contributed by atoms with Gasteiger partial charge in [-0.15, -0.1) is 0 Å². The number of halogens is 2. The highest BCUT2D eigenvalue weighted by molar-refractivity contribution is 9.10. The summed E-state index contributed by atoms with van der Waals surface area (Å²) in [5.41, 5.74) is 4.28. The van der Waals surface area contributed by atoms with E-state index in [9.17, 15) is 4.39 Å². The molecule has 0 aromatic heterocycles. The van der Waals surface area contributed by atoms with E-state index in [1.165, 1.54) is 38.2 Å². The first-order chi connectivity index (χ1) is 9.98. The van der Waals surface area contributed by atoms with Crippen LogP contribution in [0.1, 0.15) is 51.5 Å². The third kappa shape index (κ3) is 3.85. The zero-order valence-corrected chi connectivity index (χ0v) is 14.5. The second kappa shape index (κ2) is 7.21. The van der Waals surface area contributed by atoms with Crippen molar-refractivity contribution in [3.63, 3.8) is 0 Å². The number of nitrogens with one attached hydrogen (secondary N) is 1. The minimum atomic E-state index is -0.201. The topological polar surface area (TPSA) is 38.0 Å². The number of hydrazine groups is 1. The van der Waals surface area contributed by atoms with Gasteiger partial charge in [0.1, 0.15) is 5.82 Å². The molecule has 1 fully saturated rings. The fourth-order valence-corrected chi connectivity index (χ4v) is 4.39.